The number of hydrogen-bond donors (Lipinski definition) is 7. The number of fused-ring (bicyclic) bond motifs is 1. The standard InChI is InChI=1S/C18H18N6O.C14H16F3NO4.C13H15BrF3NO2.C9H8F3NO2.C8H6F3NO2/c1-10-7-12(4-5-14(10)19)8-13-9-21-24-16(13)22-18(20)23-17(24)15-6-3-11(2)25-15;1-13(2,3)22-12(20)18-10-6-5-8(11(19)21-4)7-9(10)14(15,16)17;1-12(2,3)20-11(19)18-10-5-4-8(7-14)6-9(10)13(15,16)17;1-15-8(14)5-2-3-7(13)6(4-5)9(10,11)12;9-8(10,11)5-3-4(7(13)14)1-2-6(5)12/h3-7,9H,8,19H2,1-2H3,(H2,20,22);5-7H,1-4H3,(H,18,20);4-6H,7H2,1-3H3,(H,18,19);2-4H,13H2,1H3;1-3H,12H2,(H,13,14). The van der Waals surface area contributed by atoms with E-state index in [1.165, 1.54) is 18.2 Å². The van der Waals surface area contributed by atoms with E-state index in [9.17, 15) is 76.7 Å². The number of carboxylic acid groups (broad SMARTS) is 1. The number of nitrogens with one attached hydrogen (secondary N) is 2. The number of esters is 2. The lowest BCUT2D eigenvalue weighted by atomic mass is 10.0. The van der Waals surface area contributed by atoms with Gasteiger partial charge in [-0.05, 0) is 157 Å². The van der Waals surface area contributed by atoms with Crippen molar-refractivity contribution in [3.63, 3.8) is 0 Å². The Bertz CT molecular complexity index is 4080. The van der Waals surface area contributed by atoms with Crippen LogP contribution in [0.5, 0.6) is 0 Å². The van der Waals surface area contributed by atoms with Crippen LogP contribution in [0.15, 0.2) is 114 Å². The third kappa shape index (κ3) is 23.3. The lowest BCUT2D eigenvalue weighted by molar-refractivity contribution is -0.137. The first-order valence-electron chi connectivity index (χ1n) is 27.4. The van der Waals surface area contributed by atoms with Crippen LogP contribution in [0.2, 0.25) is 0 Å². The second kappa shape index (κ2) is 31.8. The van der Waals surface area contributed by atoms with Crippen molar-refractivity contribution in [2.45, 2.75) is 103 Å². The maximum atomic E-state index is 13.0. The van der Waals surface area contributed by atoms with E-state index in [-0.39, 0.29) is 22.8 Å². The molecule has 0 atom stereocenters. The van der Waals surface area contributed by atoms with Crippen molar-refractivity contribution in [3.05, 3.63) is 176 Å². The van der Waals surface area contributed by atoms with Gasteiger partial charge in [0, 0.05) is 34.4 Å². The maximum absolute atomic E-state index is 13.0. The third-order valence-electron chi connectivity index (χ3n) is 12.1. The van der Waals surface area contributed by atoms with E-state index >= 15 is 0 Å². The summed E-state index contributed by atoms with van der Waals surface area (Å²) in [6, 6.07) is 21.4. The molecule has 96 heavy (non-hydrogen) atoms. The van der Waals surface area contributed by atoms with Crippen LogP contribution >= 0.6 is 15.9 Å². The van der Waals surface area contributed by atoms with Gasteiger partial charge in [0.15, 0.2) is 11.4 Å². The summed E-state index contributed by atoms with van der Waals surface area (Å²) in [7, 11) is 2.15. The molecule has 0 aliphatic carbocycles. The predicted octanol–water partition coefficient (Wildman–Crippen LogP) is 15.6. The molecule has 34 heteroatoms. The number of carbonyl (C=O) groups is 5. The van der Waals surface area contributed by atoms with E-state index in [4.69, 9.17) is 41.9 Å². The number of rotatable bonds is 9. The highest BCUT2D eigenvalue weighted by Crippen LogP contribution is 2.39. The summed E-state index contributed by atoms with van der Waals surface area (Å²) in [5.41, 5.74) is 18.6. The van der Waals surface area contributed by atoms with Gasteiger partial charge in [-0.3, -0.25) is 10.6 Å². The zero-order valence-corrected chi connectivity index (χ0v) is 53.9. The number of halogens is 13. The number of carboxylic acids is 1. The molecule has 0 aliphatic rings. The Balaban J connectivity index is 0.000000260. The number of aromatic nitrogens is 4. The highest BCUT2D eigenvalue weighted by molar-refractivity contribution is 9.08. The lowest BCUT2D eigenvalue weighted by Crippen LogP contribution is -2.28. The number of nitrogen functional groups attached to an aromatic ring is 4. The molecule has 0 unspecified atom stereocenters. The molecule has 3 aromatic heterocycles. The molecule has 0 spiro atoms. The zero-order chi connectivity index (χ0) is 72.8. The molecule has 518 valence electrons. The predicted molar refractivity (Wildman–Crippen MR) is 333 cm³/mol. The van der Waals surface area contributed by atoms with Crippen LogP contribution in [0.1, 0.15) is 123 Å². The minimum Gasteiger partial charge on any atom is -0.478 e. The number of benzene rings is 5. The van der Waals surface area contributed by atoms with Crippen molar-refractivity contribution in [2.24, 2.45) is 0 Å². The van der Waals surface area contributed by atoms with E-state index in [2.05, 4.69) is 51.9 Å². The molecule has 21 nitrogen and oxygen atoms in total. The van der Waals surface area contributed by atoms with Gasteiger partial charge >= 0.3 is 54.8 Å². The number of ether oxygens (including phenoxy) is 4. The van der Waals surface area contributed by atoms with E-state index in [0.717, 1.165) is 78.8 Å². The van der Waals surface area contributed by atoms with E-state index < -0.39 is 111 Å². The average molecular weight is 1430 g/mol. The molecular weight excluding hydrogens is 1370 g/mol. The Morgan fingerprint density at radius 2 is 0.979 bits per heavy atom. The minimum absolute atomic E-state index is 0.181. The topological polar surface area (TPSA) is 327 Å². The summed E-state index contributed by atoms with van der Waals surface area (Å²) in [5.74, 6) is -1.04. The fourth-order valence-corrected chi connectivity index (χ4v) is 8.15. The third-order valence-corrected chi connectivity index (χ3v) is 12.7. The zero-order valence-electron chi connectivity index (χ0n) is 52.3. The summed E-state index contributed by atoms with van der Waals surface area (Å²) >= 11 is 3.09. The van der Waals surface area contributed by atoms with Crippen LogP contribution in [0, 0.1) is 13.8 Å². The molecule has 0 saturated carbocycles. The highest BCUT2D eigenvalue weighted by Gasteiger charge is 2.38. The molecule has 8 rings (SSSR count). The van der Waals surface area contributed by atoms with Crippen molar-refractivity contribution < 1.29 is 105 Å². The second-order valence-corrected chi connectivity index (χ2v) is 22.6. The first-order valence-corrected chi connectivity index (χ1v) is 28.5. The van der Waals surface area contributed by atoms with Crippen molar-refractivity contribution in [1.82, 2.24) is 19.6 Å². The van der Waals surface area contributed by atoms with Gasteiger partial charge in [0.2, 0.25) is 11.8 Å². The summed E-state index contributed by atoms with van der Waals surface area (Å²) < 4.78 is 178. The Kier molecular flexibility index (Phi) is 25.9. The lowest BCUT2D eigenvalue weighted by Gasteiger charge is -2.21. The van der Waals surface area contributed by atoms with Gasteiger partial charge < -0.3 is 51.4 Å². The van der Waals surface area contributed by atoms with Crippen molar-refractivity contribution in [3.8, 4) is 11.6 Å². The second-order valence-electron chi connectivity index (χ2n) is 22.0. The van der Waals surface area contributed by atoms with Gasteiger partial charge in [0.1, 0.15) is 17.0 Å². The smallest absolute Gasteiger partial charge is 0.418 e. The molecule has 3 heterocycles. The number of aromatic carboxylic acids is 1. The van der Waals surface area contributed by atoms with Crippen molar-refractivity contribution in [1.29, 1.82) is 0 Å². The molecule has 8 aromatic rings. The van der Waals surface area contributed by atoms with Gasteiger partial charge in [-0.1, -0.05) is 34.1 Å². The number of furan rings is 1. The van der Waals surface area contributed by atoms with Crippen LogP contribution < -0.4 is 33.6 Å². The van der Waals surface area contributed by atoms with Crippen LogP contribution in [0.25, 0.3) is 17.2 Å². The molecular formula is C62H63BrF12N10O11. The number of methoxy groups -OCH3 is 2. The first-order chi connectivity index (χ1) is 44.1. The van der Waals surface area contributed by atoms with Crippen LogP contribution in [0.4, 0.5) is 96.7 Å². The van der Waals surface area contributed by atoms with Gasteiger partial charge in [-0.25, -0.2) is 24.0 Å². The molecule has 0 bridgehead atoms. The highest BCUT2D eigenvalue weighted by atomic mass is 79.9. The Morgan fingerprint density at radius 3 is 1.41 bits per heavy atom. The molecule has 5 aromatic carbocycles. The summed E-state index contributed by atoms with van der Waals surface area (Å²) in [6.07, 6.45) is -18.0. The van der Waals surface area contributed by atoms with Crippen molar-refractivity contribution >= 4 is 86.1 Å². The van der Waals surface area contributed by atoms with Gasteiger partial charge in [-0.2, -0.15) is 72.3 Å². The average Bonchev–Trinajstić information content (AvgIpc) is 1.58. The molecule has 0 fully saturated rings. The minimum atomic E-state index is -4.76. The fraction of sp³-hybridized carbons (Fsp3) is 0.290. The van der Waals surface area contributed by atoms with Gasteiger partial charge in [0.05, 0.1) is 70.7 Å². The number of nitrogens with two attached hydrogens (primary N) is 4. The molecule has 11 N–H and O–H groups in total. The maximum Gasteiger partial charge on any atom is 0.418 e. The Hall–Kier alpha value is -10.3. The number of aryl methyl sites for hydroxylation is 2. The van der Waals surface area contributed by atoms with E-state index in [1.807, 2.05) is 43.4 Å². The van der Waals surface area contributed by atoms with Gasteiger partial charge in [-0.15, -0.1) is 0 Å². The van der Waals surface area contributed by atoms with Crippen molar-refractivity contribution in [2.75, 3.05) is 47.8 Å². The quantitative estimate of drug-likeness (QED) is 0.0232. The number of hydrogen-bond acceptors (Lipinski definition) is 17. The van der Waals surface area contributed by atoms with Crippen LogP contribution in [-0.4, -0.2) is 80.2 Å². The monoisotopic (exact) mass is 1430 g/mol. The summed E-state index contributed by atoms with van der Waals surface area (Å²) in [4.78, 5) is 64.5. The van der Waals surface area contributed by atoms with Gasteiger partial charge in [0.25, 0.3) is 0 Å². The Morgan fingerprint density at radius 1 is 0.552 bits per heavy atom. The Labute approximate surface area is 547 Å². The fourth-order valence-electron chi connectivity index (χ4n) is 7.81. The number of nitrogens with zero attached hydrogens (tertiary/aromatic N) is 4. The number of anilines is 6. The van der Waals surface area contributed by atoms with E-state index in [1.54, 1.807) is 52.3 Å². The molecule has 0 saturated heterocycles. The first kappa shape index (κ1) is 78.2. The number of amides is 2. The van der Waals surface area contributed by atoms with Crippen LogP contribution in [0.3, 0.4) is 0 Å². The normalized spacial score (nSPS) is 11.6. The number of alkyl halides is 13. The molecule has 2 amide bonds. The summed E-state index contributed by atoms with van der Waals surface area (Å²) in [5, 5.41) is 17.3. The largest absolute Gasteiger partial charge is 0.478 e. The van der Waals surface area contributed by atoms with E-state index in [0.29, 0.717) is 52.7 Å². The van der Waals surface area contributed by atoms with Crippen LogP contribution in [-0.2, 0) is 55.4 Å². The molecule has 0 aliphatic heterocycles. The molecule has 0 radical (unpaired) electrons. The SMILES string of the molecule is CC(C)(C)OC(=O)Nc1ccc(CBr)cc1C(F)(F)F.COC(=O)c1ccc(N)c(C(F)(F)F)c1.COC(=O)c1ccc(NC(=O)OC(C)(C)C)c(C(F)(F)F)c1.Cc1ccc(-c2nc(N)nc3c(Cc4ccc(N)c(C)c4)cnn23)o1.Nc1ccc(C(=O)O)cc1C(F)(F)F. The number of carbonyl (C=O) groups excluding carboxylic acids is 4. The summed E-state index contributed by atoms with van der Waals surface area (Å²) in [6.45, 7) is 13.5.